The molecule has 2 N–H and O–H groups in total. The highest BCUT2D eigenvalue weighted by molar-refractivity contribution is 14.0. The zero-order valence-electron chi connectivity index (χ0n) is 9.90. The molecule has 0 aliphatic heterocycles. The van der Waals surface area contributed by atoms with Crippen LogP contribution in [0.4, 0.5) is 4.39 Å². The van der Waals surface area contributed by atoms with E-state index in [2.05, 4.69) is 15.6 Å². The van der Waals surface area contributed by atoms with Crippen LogP contribution >= 0.6 is 24.0 Å². The highest BCUT2D eigenvalue weighted by Gasteiger charge is 2.57. The molecule has 2 atom stereocenters. The smallest absolute Gasteiger partial charge is 0.191 e. The van der Waals surface area contributed by atoms with Crippen LogP contribution in [-0.4, -0.2) is 26.1 Å². The van der Waals surface area contributed by atoms with E-state index in [0.29, 0.717) is 12.4 Å². The largest absolute Gasteiger partial charge is 0.359 e. The van der Waals surface area contributed by atoms with Gasteiger partial charge in [-0.3, -0.25) is 4.99 Å². The molecule has 0 saturated heterocycles. The van der Waals surface area contributed by atoms with Crippen molar-refractivity contribution in [2.24, 2.45) is 4.99 Å². The van der Waals surface area contributed by atoms with Crippen molar-refractivity contribution in [3.8, 4) is 0 Å². The molecule has 1 aromatic rings. The van der Waals surface area contributed by atoms with E-state index in [1.165, 1.54) is 0 Å². The van der Waals surface area contributed by atoms with Crippen molar-refractivity contribution in [2.75, 3.05) is 14.1 Å². The SMILES string of the molecule is CN=C(NC)NC1CC1(F)c1ccccc1.I. The average Bonchev–Trinajstić information content (AvgIpc) is 3.00. The fraction of sp³-hybridized carbons (Fsp3) is 0.417. The first kappa shape index (κ1) is 14.2. The number of nitrogens with zero attached hydrogens (tertiary/aromatic N) is 1. The summed E-state index contributed by atoms with van der Waals surface area (Å²) in [5.41, 5.74) is -0.507. The molecule has 5 heteroatoms. The summed E-state index contributed by atoms with van der Waals surface area (Å²) >= 11 is 0. The van der Waals surface area contributed by atoms with Crippen LogP contribution in [0.5, 0.6) is 0 Å². The highest BCUT2D eigenvalue weighted by Crippen LogP contribution is 2.49. The maximum atomic E-state index is 14.4. The Balaban J connectivity index is 0.00000144. The molecule has 1 saturated carbocycles. The minimum Gasteiger partial charge on any atom is -0.359 e. The third kappa shape index (κ3) is 2.88. The van der Waals surface area contributed by atoms with Crippen LogP contribution in [0, 0.1) is 0 Å². The average molecular weight is 349 g/mol. The van der Waals surface area contributed by atoms with Crippen LogP contribution in [0.3, 0.4) is 0 Å². The quantitative estimate of drug-likeness (QED) is 0.487. The van der Waals surface area contributed by atoms with Crippen LogP contribution in [0.25, 0.3) is 0 Å². The van der Waals surface area contributed by atoms with Crippen molar-refractivity contribution in [3.63, 3.8) is 0 Å². The number of hydrogen-bond acceptors (Lipinski definition) is 1. The van der Waals surface area contributed by atoms with Gasteiger partial charge in [0, 0.05) is 20.5 Å². The van der Waals surface area contributed by atoms with Crippen molar-refractivity contribution in [1.29, 1.82) is 0 Å². The summed E-state index contributed by atoms with van der Waals surface area (Å²) in [6.07, 6.45) is 0.498. The van der Waals surface area contributed by atoms with Gasteiger partial charge >= 0.3 is 0 Å². The van der Waals surface area contributed by atoms with E-state index in [1.54, 1.807) is 14.1 Å². The minimum absolute atomic E-state index is 0. The Labute approximate surface area is 118 Å². The van der Waals surface area contributed by atoms with Gasteiger partial charge in [-0.05, 0) is 5.56 Å². The molecule has 1 aliphatic rings. The molecule has 2 rings (SSSR count). The zero-order chi connectivity index (χ0) is 11.6. The Morgan fingerprint density at radius 3 is 2.59 bits per heavy atom. The molecule has 1 fully saturated rings. The number of aliphatic imine (C=N–C) groups is 1. The van der Waals surface area contributed by atoms with Crippen molar-refractivity contribution in [1.82, 2.24) is 10.6 Å². The number of halogens is 2. The van der Waals surface area contributed by atoms with Gasteiger partial charge in [0.1, 0.15) is 0 Å². The molecule has 0 aromatic heterocycles. The van der Waals surface area contributed by atoms with Gasteiger partial charge in [-0.1, -0.05) is 30.3 Å². The number of rotatable bonds is 2. The Hall–Kier alpha value is -0.850. The molecule has 0 heterocycles. The molecule has 94 valence electrons. The summed E-state index contributed by atoms with van der Waals surface area (Å²) in [7, 11) is 3.43. The maximum absolute atomic E-state index is 14.4. The number of alkyl halides is 1. The van der Waals surface area contributed by atoms with E-state index < -0.39 is 5.67 Å². The Bertz CT molecular complexity index is 396. The third-order valence-corrected chi connectivity index (χ3v) is 2.92. The first-order valence-corrected chi connectivity index (χ1v) is 5.36. The van der Waals surface area contributed by atoms with Gasteiger partial charge in [0.05, 0.1) is 6.04 Å². The van der Waals surface area contributed by atoms with Crippen LogP contribution in [0.15, 0.2) is 35.3 Å². The summed E-state index contributed by atoms with van der Waals surface area (Å²) in [5, 5.41) is 5.93. The fourth-order valence-electron chi connectivity index (χ4n) is 1.85. The second-order valence-electron chi connectivity index (χ2n) is 3.95. The molecule has 0 amide bonds. The monoisotopic (exact) mass is 349 g/mol. The Kier molecular flexibility index (Phi) is 4.73. The lowest BCUT2D eigenvalue weighted by atomic mass is 10.1. The van der Waals surface area contributed by atoms with Gasteiger partial charge in [0.2, 0.25) is 0 Å². The van der Waals surface area contributed by atoms with Crippen molar-refractivity contribution in [2.45, 2.75) is 18.1 Å². The second kappa shape index (κ2) is 5.66. The van der Waals surface area contributed by atoms with Crippen molar-refractivity contribution >= 4 is 29.9 Å². The van der Waals surface area contributed by atoms with Gasteiger partial charge in [-0.15, -0.1) is 24.0 Å². The molecule has 3 nitrogen and oxygen atoms in total. The first-order valence-electron chi connectivity index (χ1n) is 5.36. The number of guanidine groups is 1. The predicted octanol–water partition coefficient (Wildman–Crippen LogP) is 2.04. The molecule has 0 radical (unpaired) electrons. The standard InChI is InChI=1S/C12H16FN3.HI/c1-14-11(15-2)16-10-8-12(10,13)9-6-4-3-5-7-9;/h3-7,10H,8H2,1-2H3,(H2,14,15,16);1H. The topological polar surface area (TPSA) is 36.4 Å². The molecule has 1 aromatic carbocycles. The lowest BCUT2D eigenvalue weighted by molar-refractivity contribution is 0.300. The normalized spacial score (nSPS) is 27.0. The molecule has 0 bridgehead atoms. The Morgan fingerprint density at radius 1 is 1.41 bits per heavy atom. The van der Waals surface area contributed by atoms with Crippen LogP contribution < -0.4 is 10.6 Å². The summed E-state index contributed by atoms with van der Waals surface area (Å²) in [5.74, 6) is 0.625. The molecular weight excluding hydrogens is 332 g/mol. The van der Waals surface area contributed by atoms with Crippen molar-refractivity contribution < 1.29 is 4.39 Å². The number of hydrogen-bond donors (Lipinski definition) is 2. The zero-order valence-corrected chi connectivity index (χ0v) is 12.2. The molecule has 0 spiro atoms. The van der Waals surface area contributed by atoms with E-state index in [-0.39, 0.29) is 30.0 Å². The molecular formula is C12H17FIN3. The van der Waals surface area contributed by atoms with Crippen LogP contribution in [-0.2, 0) is 5.67 Å². The van der Waals surface area contributed by atoms with E-state index in [9.17, 15) is 4.39 Å². The van der Waals surface area contributed by atoms with Crippen molar-refractivity contribution in [3.05, 3.63) is 35.9 Å². The lowest BCUT2D eigenvalue weighted by Crippen LogP contribution is -2.38. The summed E-state index contributed by atoms with van der Waals surface area (Å²) in [4.78, 5) is 3.97. The van der Waals surface area contributed by atoms with E-state index in [4.69, 9.17) is 0 Å². The van der Waals surface area contributed by atoms with E-state index in [1.807, 2.05) is 30.3 Å². The van der Waals surface area contributed by atoms with Gasteiger partial charge in [0.15, 0.2) is 11.6 Å². The minimum atomic E-state index is -1.24. The van der Waals surface area contributed by atoms with E-state index >= 15 is 0 Å². The Morgan fingerprint density at radius 2 is 2.06 bits per heavy atom. The number of benzene rings is 1. The van der Waals surface area contributed by atoms with Gasteiger partial charge < -0.3 is 10.6 Å². The molecule has 1 aliphatic carbocycles. The van der Waals surface area contributed by atoms with E-state index in [0.717, 1.165) is 5.56 Å². The van der Waals surface area contributed by atoms with Gasteiger partial charge in [0.25, 0.3) is 0 Å². The molecule has 2 unspecified atom stereocenters. The molecule has 17 heavy (non-hydrogen) atoms. The summed E-state index contributed by atoms with van der Waals surface area (Å²) in [6, 6.07) is 9.08. The van der Waals surface area contributed by atoms with Gasteiger partial charge in [-0.25, -0.2) is 4.39 Å². The maximum Gasteiger partial charge on any atom is 0.191 e. The fourth-order valence-corrected chi connectivity index (χ4v) is 1.85. The third-order valence-electron chi connectivity index (χ3n) is 2.92. The van der Waals surface area contributed by atoms with Crippen LogP contribution in [0.1, 0.15) is 12.0 Å². The predicted molar refractivity (Wildman–Crippen MR) is 78.6 cm³/mol. The summed E-state index contributed by atoms with van der Waals surface area (Å²) < 4.78 is 14.4. The lowest BCUT2D eigenvalue weighted by Gasteiger charge is -2.11. The number of nitrogens with one attached hydrogen (secondary N) is 2. The second-order valence-corrected chi connectivity index (χ2v) is 3.95. The van der Waals surface area contributed by atoms with Crippen LogP contribution in [0.2, 0.25) is 0 Å². The summed E-state index contributed by atoms with van der Waals surface area (Å²) in [6.45, 7) is 0. The van der Waals surface area contributed by atoms with Gasteiger partial charge in [-0.2, -0.15) is 0 Å². The highest BCUT2D eigenvalue weighted by atomic mass is 127. The first-order chi connectivity index (χ1) is 7.70.